The first-order chi connectivity index (χ1) is 35.5. The van der Waals surface area contributed by atoms with Crippen LogP contribution in [0.15, 0.2) is 224 Å². The van der Waals surface area contributed by atoms with Crippen molar-refractivity contribution in [3.8, 4) is 0 Å². The number of benzene rings is 4. The lowest BCUT2D eigenvalue weighted by molar-refractivity contribution is -0.000542. The lowest BCUT2D eigenvalue weighted by Gasteiger charge is -2.58. The van der Waals surface area contributed by atoms with E-state index in [9.17, 15) is 0 Å². The van der Waals surface area contributed by atoms with Crippen molar-refractivity contribution in [2.45, 2.75) is 99.5 Å². The zero-order valence-electron chi connectivity index (χ0n) is 45.8. The molecule has 0 radical (unpaired) electrons. The Bertz CT molecular complexity index is 2690. The minimum Gasteiger partial charge on any atom is -0.351 e. The zero-order chi connectivity index (χ0) is 52.5. The average molecular weight is 971 g/mol. The third-order valence-electron chi connectivity index (χ3n) is 14.1. The van der Waals surface area contributed by atoms with Gasteiger partial charge in [0, 0.05) is 42.7 Å². The summed E-state index contributed by atoms with van der Waals surface area (Å²) < 4.78 is 0. The van der Waals surface area contributed by atoms with Crippen molar-refractivity contribution in [2.75, 3.05) is 26.8 Å². The molecule has 4 heteroatoms. The van der Waals surface area contributed by atoms with Crippen LogP contribution < -0.4 is 16.4 Å². The SMILES string of the molecule is C/C=C/N1CC2(C=CC=CC2)C(C)(C)C2CC=C(C(/C=C\CN)=C/C(C)c3cccc4c3C=C=C4)C=C21.C=CC.CCC.CNCNC(c1ccccc1)c1ccc(C2=CCCC=C2)cc1.Cc1ccccc1. The van der Waals surface area contributed by atoms with E-state index in [0.717, 1.165) is 38.9 Å². The predicted molar refractivity (Wildman–Crippen MR) is 320 cm³/mol. The molecule has 4 atom stereocenters. The summed E-state index contributed by atoms with van der Waals surface area (Å²) in [5.74, 6) is 0.730. The Hall–Kier alpha value is -6.52. The van der Waals surface area contributed by atoms with Gasteiger partial charge in [0.1, 0.15) is 0 Å². The highest BCUT2D eigenvalue weighted by Gasteiger charge is 2.54. The summed E-state index contributed by atoms with van der Waals surface area (Å²) in [7, 11) is 1.96. The van der Waals surface area contributed by atoms with Crippen LogP contribution in [0.5, 0.6) is 0 Å². The van der Waals surface area contributed by atoms with E-state index < -0.39 is 0 Å². The van der Waals surface area contributed by atoms with Crippen LogP contribution in [0.2, 0.25) is 0 Å². The topological polar surface area (TPSA) is 53.3 Å². The molecule has 0 bridgehead atoms. The highest BCUT2D eigenvalue weighted by molar-refractivity contribution is 5.76. The van der Waals surface area contributed by atoms with E-state index in [1.165, 1.54) is 67.8 Å². The van der Waals surface area contributed by atoms with Gasteiger partial charge in [0.25, 0.3) is 0 Å². The molecule has 1 spiro atoms. The summed E-state index contributed by atoms with van der Waals surface area (Å²) in [6.07, 6.45) is 43.7. The maximum absolute atomic E-state index is 5.91. The fourth-order valence-corrected chi connectivity index (χ4v) is 10.2. The largest absolute Gasteiger partial charge is 0.351 e. The third-order valence-corrected chi connectivity index (χ3v) is 14.1. The van der Waals surface area contributed by atoms with Crippen molar-refractivity contribution < 1.29 is 0 Å². The summed E-state index contributed by atoms with van der Waals surface area (Å²) in [4.78, 5) is 2.51. The van der Waals surface area contributed by atoms with Crippen LogP contribution in [0.25, 0.3) is 17.7 Å². The number of nitrogens with two attached hydrogens (primary N) is 1. The number of likely N-dealkylation sites (tertiary alicyclic amines) is 1. The summed E-state index contributed by atoms with van der Waals surface area (Å²) in [5.41, 5.74) is 23.8. The van der Waals surface area contributed by atoms with Gasteiger partial charge in [-0.15, -0.1) is 12.3 Å². The molecule has 4 nitrogen and oxygen atoms in total. The second-order valence-corrected chi connectivity index (χ2v) is 20.0. The molecule has 9 rings (SSSR count). The van der Waals surface area contributed by atoms with Crippen molar-refractivity contribution in [1.82, 2.24) is 15.5 Å². The number of nitrogens with one attached hydrogen (secondary N) is 2. The molecule has 0 amide bonds. The fourth-order valence-electron chi connectivity index (χ4n) is 10.2. The minimum atomic E-state index is 0.135. The molecule has 382 valence electrons. The minimum absolute atomic E-state index is 0.135. The standard InChI is InChI=1S/C35H40N2.C21H24N2.C7H8.C3H8.C3H6/c1-5-22-37-25-35(19-7-6-8-20-35)34(3,4)32-18-17-29(24-33(32)37)28(14-11-21-36)23-26(2)30-15-9-12-27-13-10-16-31(27)30;1-22-16-23-21(19-10-6-3-7-11-19)20-14-12-18(13-15-20)17-8-4-2-5-9-17;1-7-5-3-2-4-6-7;2*1-3-2/h5-9,11-17,19,22-24,26,32H,18,20-21,25,36H2,1-4H3;3-4,6-15,21-23H,2,5,16H2,1H3;2-6H,1H3;3H2,1-2H3;3H,1H2,2H3/b14-11-,22-5+,28-23+;;;;. The fraction of sp³-hybridized carbons (Fsp3) is 0.319. The molecule has 0 aromatic heterocycles. The predicted octanol–water partition coefficient (Wildman–Crippen LogP) is 17.0. The normalized spacial score (nSPS) is 19.6. The van der Waals surface area contributed by atoms with Crippen LogP contribution in [0, 0.1) is 23.7 Å². The molecule has 1 heterocycles. The van der Waals surface area contributed by atoms with E-state index in [-0.39, 0.29) is 22.8 Å². The number of aryl methyl sites for hydroxylation is 1. The molecule has 1 aliphatic heterocycles. The van der Waals surface area contributed by atoms with Gasteiger partial charge < -0.3 is 16.0 Å². The van der Waals surface area contributed by atoms with Crippen LogP contribution in [-0.2, 0) is 0 Å². The smallest absolute Gasteiger partial charge is 0.0586 e. The van der Waals surface area contributed by atoms with Crippen LogP contribution in [0.4, 0.5) is 0 Å². The van der Waals surface area contributed by atoms with Crippen molar-refractivity contribution in [3.05, 3.63) is 262 Å². The van der Waals surface area contributed by atoms with Gasteiger partial charge in [0.15, 0.2) is 0 Å². The van der Waals surface area contributed by atoms with Crippen LogP contribution in [-0.4, -0.2) is 31.7 Å². The summed E-state index contributed by atoms with van der Waals surface area (Å²) >= 11 is 0. The summed E-state index contributed by atoms with van der Waals surface area (Å²) in [6, 6.07) is 36.6. The Morgan fingerprint density at radius 1 is 0.877 bits per heavy atom. The number of fused-ring (bicyclic) bond motifs is 2. The molecule has 1 fully saturated rings. The molecule has 0 saturated carbocycles. The summed E-state index contributed by atoms with van der Waals surface area (Å²) in [6.45, 7) is 23.3. The third kappa shape index (κ3) is 15.7. The van der Waals surface area contributed by atoms with Crippen LogP contribution in [0.1, 0.15) is 131 Å². The second-order valence-electron chi connectivity index (χ2n) is 20.0. The van der Waals surface area contributed by atoms with Crippen molar-refractivity contribution in [1.29, 1.82) is 0 Å². The Kier molecular flexibility index (Phi) is 23.5. The molecular weight excluding hydrogens is 885 g/mol. The average Bonchev–Trinajstić information content (AvgIpc) is 3.91. The van der Waals surface area contributed by atoms with Gasteiger partial charge in [0.05, 0.1) is 6.04 Å². The number of allylic oxidation sites excluding steroid dienone is 16. The van der Waals surface area contributed by atoms with E-state index in [1.54, 1.807) is 6.08 Å². The molecule has 4 aromatic carbocycles. The molecule has 5 aliphatic rings. The molecule has 73 heavy (non-hydrogen) atoms. The Morgan fingerprint density at radius 2 is 1.58 bits per heavy atom. The lowest BCUT2D eigenvalue weighted by Crippen LogP contribution is -2.55. The molecule has 4 aliphatic carbocycles. The quantitative estimate of drug-likeness (QED) is 0.0505. The van der Waals surface area contributed by atoms with Crippen molar-refractivity contribution >= 4 is 17.7 Å². The van der Waals surface area contributed by atoms with Crippen molar-refractivity contribution in [3.63, 3.8) is 0 Å². The lowest BCUT2D eigenvalue weighted by atomic mass is 9.52. The summed E-state index contributed by atoms with van der Waals surface area (Å²) in [5, 5.41) is 6.73. The van der Waals surface area contributed by atoms with Gasteiger partial charge in [-0.3, -0.25) is 5.32 Å². The molecule has 4 unspecified atom stereocenters. The van der Waals surface area contributed by atoms with E-state index in [2.05, 4.69) is 259 Å². The van der Waals surface area contributed by atoms with Gasteiger partial charge in [-0.1, -0.05) is 229 Å². The highest BCUT2D eigenvalue weighted by atomic mass is 15.2. The van der Waals surface area contributed by atoms with Gasteiger partial charge in [0.2, 0.25) is 0 Å². The Labute approximate surface area is 442 Å². The molecular formula is C69H86N4. The van der Waals surface area contributed by atoms with Gasteiger partial charge >= 0.3 is 0 Å². The van der Waals surface area contributed by atoms with Gasteiger partial charge in [-0.2, -0.15) is 0 Å². The van der Waals surface area contributed by atoms with Gasteiger partial charge in [-0.25, -0.2) is 0 Å². The maximum Gasteiger partial charge on any atom is 0.0586 e. The highest BCUT2D eigenvalue weighted by Crippen LogP contribution is 2.58. The van der Waals surface area contributed by atoms with E-state index in [4.69, 9.17) is 5.73 Å². The van der Waals surface area contributed by atoms with Gasteiger partial charge in [-0.05, 0) is 133 Å². The number of rotatable bonds is 12. The first kappa shape index (κ1) is 57.4. The maximum atomic E-state index is 5.91. The monoisotopic (exact) mass is 971 g/mol. The molecule has 1 saturated heterocycles. The van der Waals surface area contributed by atoms with Crippen LogP contribution in [0.3, 0.4) is 0 Å². The van der Waals surface area contributed by atoms with E-state index in [1.807, 2.05) is 32.2 Å². The van der Waals surface area contributed by atoms with Crippen molar-refractivity contribution in [2.24, 2.45) is 22.5 Å². The number of hydrogen-bond acceptors (Lipinski definition) is 4. The number of hydrogen-bond donors (Lipinski definition) is 3. The zero-order valence-corrected chi connectivity index (χ0v) is 45.8. The first-order valence-corrected chi connectivity index (χ1v) is 26.8. The Balaban J connectivity index is 0.000000231. The van der Waals surface area contributed by atoms with E-state index >= 15 is 0 Å². The molecule has 4 N–H and O–H groups in total. The number of nitrogens with zero attached hydrogens (tertiary/aromatic N) is 1. The van der Waals surface area contributed by atoms with E-state index in [0.29, 0.717) is 12.5 Å². The Morgan fingerprint density at radius 3 is 2.18 bits per heavy atom. The van der Waals surface area contributed by atoms with Crippen LogP contribution >= 0.6 is 0 Å². The number of piperidine rings is 1. The first-order valence-electron chi connectivity index (χ1n) is 26.8. The molecule has 4 aromatic rings. The second kappa shape index (κ2) is 29.9.